The summed E-state index contributed by atoms with van der Waals surface area (Å²) in [6.07, 6.45) is 3.62. The lowest BCUT2D eigenvalue weighted by Crippen LogP contribution is -2.57. The average Bonchev–Trinajstić information content (AvgIpc) is 3.96. The number of amides is 5. The van der Waals surface area contributed by atoms with Gasteiger partial charge < -0.3 is 35.0 Å². The number of hydrazine groups is 1. The summed E-state index contributed by atoms with van der Waals surface area (Å²) in [6, 6.07) is 11.7. The van der Waals surface area contributed by atoms with Crippen LogP contribution in [0.2, 0.25) is 0 Å². The molecule has 0 saturated carbocycles. The van der Waals surface area contributed by atoms with Crippen molar-refractivity contribution in [2.75, 3.05) is 27.3 Å². The summed E-state index contributed by atoms with van der Waals surface area (Å²) < 4.78 is 9.47. The lowest BCUT2D eigenvalue weighted by molar-refractivity contribution is -0.174. The quantitative estimate of drug-likeness (QED) is 0.179. The number of rotatable bonds is 8. The molecule has 3 aliphatic rings. The normalized spacial score (nSPS) is 20.1. The number of fused-ring (bicyclic) bond motifs is 2. The Hall–Kier alpha value is -5.35. The molecule has 3 saturated heterocycles. The molecule has 5 amide bonds. The summed E-state index contributed by atoms with van der Waals surface area (Å²) in [5, 5.41) is 8.23. The first kappa shape index (κ1) is 41.8. The topological polar surface area (TPSA) is 195 Å². The fourth-order valence-electron chi connectivity index (χ4n) is 7.67. The van der Waals surface area contributed by atoms with E-state index >= 15 is 0 Å². The Bertz CT molecular complexity index is 2070. The third-order valence-electron chi connectivity index (χ3n) is 10.5. The van der Waals surface area contributed by atoms with Crippen LogP contribution < -0.4 is 10.6 Å². The number of imidazole rings is 2. The number of hydrogen-bond donors (Lipinski definition) is 4. The van der Waals surface area contributed by atoms with Gasteiger partial charge in [-0.1, -0.05) is 44.2 Å². The third-order valence-corrected chi connectivity index (χ3v) is 10.5. The van der Waals surface area contributed by atoms with Crippen molar-refractivity contribution in [3.8, 4) is 22.4 Å². The van der Waals surface area contributed by atoms with Crippen molar-refractivity contribution >= 4 is 65.8 Å². The van der Waals surface area contributed by atoms with Crippen LogP contribution in [0.15, 0.2) is 48.7 Å². The van der Waals surface area contributed by atoms with Crippen LogP contribution in [-0.4, -0.2) is 104 Å². The molecule has 7 rings (SSSR count). The van der Waals surface area contributed by atoms with Crippen LogP contribution in [0.25, 0.3) is 33.4 Å². The van der Waals surface area contributed by atoms with Gasteiger partial charge in [0.25, 0.3) is 5.91 Å². The van der Waals surface area contributed by atoms with Gasteiger partial charge in [-0.25, -0.2) is 24.6 Å². The highest BCUT2D eigenvalue weighted by Crippen LogP contribution is 2.36. The van der Waals surface area contributed by atoms with Crippen molar-refractivity contribution in [1.29, 1.82) is 0 Å². The second-order valence-electron chi connectivity index (χ2n) is 14.2. The van der Waals surface area contributed by atoms with E-state index in [0.717, 1.165) is 46.3 Å². The third kappa shape index (κ3) is 8.26. The second-order valence-corrected chi connectivity index (χ2v) is 14.2. The van der Waals surface area contributed by atoms with Crippen LogP contribution in [0.3, 0.4) is 0 Å². The van der Waals surface area contributed by atoms with Gasteiger partial charge in [0.15, 0.2) is 0 Å². The zero-order valence-electron chi connectivity index (χ0n) is 31.6. The zero-order valence-corrected chi connectivity index (χ0v) is 33.2. The van der Waals surface area contributed by atoms with Crippen LogP contribution in [0, 0.1) is 5.92 Å². The van der Waals surface area contributed by atoms with Crippen LogP contribution >= 0.6 is 24.8 Å². The van der Waals surface area contributed by atoms with E-state index in [9.17, 15) is 24.0 Å². The molecule has 16 nitrogen and oxygen atoms in total. The van der Waals surface area contributed by atoms with Crippen LogP contribution in [0.1, 0.15) is 76.1 Å². The number of carbonyl (C=O) groups excluding carboxylic acids is 5. The predicted molar refractivity (Wildman–Crippen MR) is 211 cm³/mol. The highest BCUT2D eigenvalue weighted by atomic mass is 35.5. The van der Waals surface area contributed by atoms with E-state index in [1.807, 2.05) is 56.3 Å². The number of benzene rings is 2. The van der Waals surface area contributed by atoms with Crippen molar-refractivity contribution in [3.63, 3.8) is 0 Å². The first-order chi connectivity index (χ1) is 26.1. The van der Waals surface area contributed by atoms with Gasteiger partial charge in [-0.2, -0.15) is 0 Å². The van der Waals surface area contributed by atoms with Gasteiger partial charge in [0.05, 0.1) is 43.2 Å². The molecule has 0 spiro atoms. The van der Waals surface area contributed by atoms with E-state index in [0.29, 0.717) is 37.6 Å². The molecule has 0 aliphatic carbocycles. The number of hydrogen-bond acceptors (Lipinski definition) is 9. The SMILES string of the molecule is COC(=O)N[C@H]1CCC(=O)N2CCC[C@@H](c3nc4ccc(-c5ccc(-c6cnc([C@@H]7CCCN7C(=O)[C@@H](NC(=O)OC)C(C)C)[nH]6)cc5)cc4[nH]3)N2C1=O.Cl.Cl. The molecule has 0 bridgehead atoms. The van der Waals surface area contributed by atoms with Crippen molar-refractivity contribution < 1.29 is 33.4 Å². The Labute approximate surface area is 336 Å². The number of nitrogens with zero attached hydrogens (tertiary/aromatic N) is 5. The maximum atomic E-state index is 13.7. The molecule has 4 N–H and O–H groups in total. The van der Waals surface area contributed by atoms with Gasteiger partial charge in [-0.3, -0.25) is 19.4 Å². The van der Waals surface area contributed by atoms with E-state index in [2.05, 4.69) is 25.6 Å². The molecule has 3 fully saturated rings. The van der Waals surface area contributed by atoms with Crippen LogP contribution in [-0.2, 0) is 23.9 Å². The lowest BCUT2D eigenvalue weighted by Gasteiger charge is -2.42. The second kappa shape index (κ2) is 17.6. The summed E-state index contributed by atoms with van der Waals surface area (Å²) in [7, 11) is 2.51. The minimum atomic E-state index is -0.889. The highest BCUT2D eigenvalue weighted by Gasteiger charge is 2.44. The van der Waals surface area contributed by atoms with Crippen LogP contribution in [0.5, 0.6) is 0 Å². The number of ether oxygens (including phenoxy) is 2. The Morgan fingerprint density at radius 2 is 1.52 bits per heavy atom. The molecule has 0 radical (unpaired) electrons. The van der Waals surface area contributed by atoms with E-state index in [1.54, 1.807) is 11.1 Å². The van der Waals surface area contributed by atoms with Gasteiger partial charge >= 0.3 is 12.2 Å². The predicted octanol–water partition coefficient (Wildman–Crippen LogP) is 5.43. The summed E-state index contributed by atoms with van der Waals surface area (Å²) in [5.74, 6) is 0.446. The van der Waals surface area contributed by atoms with Crippen molar-refractivity contribution in [1.82, 2.24) is 45.5 Å². The first-order valence-corrected chi connectivity index (χ1v) is 18.3. The number of H-pyrrole nitrogens is 2. The minimum Gasteiger partial charge on any atom is -0.453 e. The van der Waals surface area contributed by atoms with Crippen molar-refractivity contribution in [2.24, 2.45) is 5.92 Å². The minimum absolute atomic E-state index is 0. The monoisotopic (exact) mass is 811 g/mol. The molecule has 4 aromatic rings. The smallest absolute Gasteiger partial charge is 0.407 e. The number of nitrogens with one attached hydrogen (secondary N) is 4. The molecule has 18 heteroatoms. The van der Waals surface area contributed by atoms with Gasteiger partial charge in [0.2, 0.25) is 11.8 Å². The number of aromatic amines is 2. The molecular formula is C38H47Cl2N9O7. The number of likely N-dealkylation sites (tertiary alicyclic amines) is 1. The summed E-state index contributed by atoms with van der Waals surface area (Å²) in [5.41, 5.74) is 5.22. The fourth-order valence-corrected chi connectivity index (χ4v) is 7.67. The van der Waals surface area contributed by atoms with Crippen molar-refractivity contribution in [3.05, 3.63) is 60.3 Å². The molecule has 4 atom stereocenters. The Kier molecular flexibility index (Phi) is 13.2. The molecule has 5 heterocycles. The summed E-state index contributed by atoms with van der Waals surface area (Å²) >= 11 is 0. The summed E-state index contributed by atoms with van der Waals surface area (Å²) in [4.78, 5) is 82.4. The van der Waals surface area contributed by atoms with E-state index < -0.39 is 30.3 Å². The molecule has 2 aromatic heterocycles. The number of aromatic nitrogens is 4. The zero-order chi connectivity index (χ0) is 38.1. The number of alkyl carbamates (subject to hydrolysis) is 2. The molecule has 300 valence electrons. The van der Waals surface area contributed by atoms with Gasteiger partial charge in [0.1, 0.15) is 29.8 Å². The number of carbonyl (C=O) groups is 5. The van der Waals surface area contributed by atoms with Crippen LogP contribution in [0.4, 0.5) is 9.59 Å². The van der Waals surface area contributed by atoms with E-state index in [4.69, 9.17) is 14.5 Å². The fraction of sp³-hybridized carbons (Fsp3) is 0.447. The molecule has 3 aliphatic heterocycles. The highest BCUT2D eigenvalue weighted by molar-refractivity contribution is 5.91. The summed E-state index contributed by atoms with van der Waals surface area (Å²) in [6.45, 7) is 4.77. The van der Waals surface area contributed by atoms with Gasteiger partial charge in [-0.15, -0.1) is 24.8 Å². The average molecular weight is 813 g/mol. The standard InChI is InChI=1S/C38H45N9O7.2ClH/c1-21(2)32(44-38(52)54-4)36(50)45-17-5-7-29(45)33-39-20-28(42-33)23-11-9-22(10-12-23)24-13-14-25-27(19-24)41-34(40-25)30-8-6-18-46-31(48)16-15-26(35(49)47(30)46)43-37(51)53-3;;/h9-14,19-21,26,29-30,32H,5-8,15-18H2,1-4H3,(H,39,42)(H,40,41)(H,43,51)(H,44,52);2*1H/t26-,29-,30-,32-;;/m0../s1. The molecular weight excluding hydrogens is 765 g/mol. The van der Waals surface area contributed by atoms with Crippen molar-refractivity contribution in [2.45, 2.75) is 76.5 Å². The van der Waals surface area contributed by atoms with E-state index in [1.165, 1.54) is 24.2 Å². The lowest BCUT2D eigenvalue weighted by atomic mass is 10.0. The van der Waals surface area contributed by atoms with Gasteiger partial charge in [-0.05, 0) is 66.8 Å². The Morgan fingerprint density at radius 1 is 0.839 bits per heavy atom. The van der Waals surface area contributed by atoms with E-state index in [-0.39, 0.29) is 67.3 Å². The molecule has 56 heavy (non-hydrogen) atoms. The number of halogens is 2. The Morgan fingerprint density at radius 3 is 2.23 bits per heavy atom. The molecule has 0 unspecified atom stereocenters. The van der Waals surface area contributed by atoms with Gasteiger partial charge in [0, 0.05) is 19.5 Å². The first-order valence-electron chi connectivity index (χ1n) is 18.3. The number of methoxy groups -OCH3 is 2. The molecule has 2 aromatic carbocycles. The maximum absolute atomic E-state index is 13.7. The Balaban J connectivity index is 0.00000300. The largest absolute Gasteiger partial charge is 0.453 e. The maximum Gasteiger partial charge on any atom is 0.407 e.